The number of anilines is 1. The number of hydrogen-bond donors (Lipinski definition) is 1. The van der Waals surface area contributed by atoms with Crippen LogP contribution in [0.5, 0.6) is 0 Å². The highest BCUT2D eigenvalue weighted by Crippen LogP contribution is 2.32. The van der Waals surface area contributed by atoms with Crippen LogP contribution in [0.3, 0.4) is 0 Å². The lowest BCUT2D eigenvalue weighted by atomic mass is 10.0. The topological polar surface area (TPSA) is 91.2 Å². The van der Waals surface area contributed by atoms with Gasteiger partial charge in [-0.2, -0.15) is 10.4 Å². The zero-order chi connectivity index (χ0) is 22.5. The van der Waals surface area contributed by atoms with E-state index in [4.69, 9.17) is 4.98 Å². The van der Waals surface area contributed by atoms with Gasteiger partial charge >= 0.3 is 0 Å². The van der Waals surface area contributed by atoms with Crippen LogP contribution in [-0.2, 0) is 7.05 Å². The van der Waals surface area contributed by atoms with Gasteiger partial charge in [0.15, 0.2) is 0 Å². The van der Waals surface area contributed by atoms with Gasteiger partial charge in [-0.3, -0.25) is 4.79 Å². The molecule has 2 atom stereocenters. The summed E-state index contributed by atoms with van der Waals surface area (Å²) in [4.78, 5) is 19.3. The van der Waals surface area contributed by atoms with E-state index >= 15 is 0 Å². The third kappa shape index (κ3) is 3.38. The summed E-state index contributed by atoms with van der Waals surface area (Å²) in [5.41, 5.74) is 4.58. The molecule has 33 heavy (non-hydrogen) atoms. The summed E-state index contributed by atoms with van der Waals surface area (Å²) in [6, 6.07) is 13.0. The summed E-state index contributed by atoms with van der Waals surface area (Å²) >= 11 is 0. The first-order chi connectivity index (χ1) is 16.1. The summed E-state index contributed by atoms with van der Waals surface area (Å²) < 4.78 is 3.25. The lowest BCUT2D eigenvalue weighted by Crippen LogP contribution is -2.51. The molecule has 2 aliphatic rings. The van der Waals surface area contributed by atoms with Crippen LogP contribution in [0.15, 0.2) is 59.9 Å². The third-order valence-corrected chi connectivity index (χ3v) is 6.77. The van der Waals surface area contributed by atoms with E-state index in [2.05, 4.69) is 33.5 Å². The first-order valence-corrected chi connectivity index (χ1v) is 11.1. The number of nitrogens with zero attached hydrogens (tertiary/aromatic N) is 6. The Bertz CT molecular complexity index is 1450. The van der Waals surface area contributed by atoms with Gasteiger partial charge in [-0.15, -0.1) is 0 Å². The molecule has 0 amide bonds. The standard InChI is InChI=1S/C25H23N7O/c1-30-7-6-16(9-24(30)33)18-8-22(25-19(10-26)12-28-32(25)13-18)17-2-5-23(27-11-17)31-14-20-3-4-21(15-31)29-20/h2,5-9,11-13,20-21,29H,3-4,14-15H2,1H3. The Morgan fingerprint density at radius 1 is 1.06 bits per heavy atom. The van der Waals surface area contributed by atoms with Crippen molar-refractivity contribution in [2.24, 2.45) is 7.05 Å². The number of aryl methyl sites for hydroxylation is 1. The number of pyridine rings is 3. The van der Waals surface area contributed by atoms with Crippen LogP contribution in [0.1, 0.15) is 18.4 Å². The Morgan fingerprint density at radius 2 is 1.88 bits per heavy atom. The van der Waals surface area contributed by atoms with Crippen molar-refractivity contribution < 1.29 is 0 Å². The maximum absolute atomic E-state index is 12.2. The molecule has 6 heterocycles. The van der Waals surface area contributed by atoms with Crippen molar-refractivity contribution in [2.75, 3.05) is 18.0 Å². The number of fused-ring (bicyclic) bond motifs is 3. The fourth-order valence-corrected chi connectivity index (χ4v) is 5.03. The highest BCUT2D eigenvalue weighted by atomic mass is 16.1. The second kappa shape index (κ2) is 7.57. The van der Waals surface area contributed by atoms with Crippen LogP contribution in [0.25, 0.3) is 27.8 Å². The predicted octanol–water partition coefficient (Wildman–Crippen LogP) is 2.57. The molecule has 6 rings (SSSR count). The van der Waals surface area contributed by atoms with Crippen LogP contribution >= 0.6 is 0 Å². The zero-order valence-corrected chi connectivity index (χ0v) is 18.3. The lowest BCUT2D eigenvalue weighted by molar-refractivity contribution is 0.463. The quantitative estimate of drug-likeness (QED) is 0.530. The summed E-state index contributed by atoms with van der Waals surface area (Å²) in [7, 11) is 1.73. The fourth-order valence-electron chi connectivity index (χ4n) is 5.03. The highest BCUT2D eigenvalue weighted by molar-refractivity contribution is 5.87. The van der Waals surface area contributed by atoms with E-state index in [1.165, 1.54) is 17.4 Å². The minimum Gasteiger partial charge on any atom is -0.353 e. The van der Waals surface area contributed by atoms with E-state index in [0.29, 0.717) is 17.6 Å². The summed E-state index contributed by atoms with van der Waals surface area (Å²) in [5.74, 6) is 0.977. The minimum absolute atomic E-state index is 0.0802. The molecule has 0 aliphatic carbocycles. The molecule has 1 N–H and O–H groups in total. The molecule has 2 bridgehead atoms. The van der Waals surface area contributed by atoms with Crippen LogP contribution in [0.2, 0.25) is 0 Å². The Hall–Kier alpha value is -3.96. The van der Waals surface area contributed by atoms with Gasteiger partial charge in [0.05, 0.1) is 17.3 Å². The summed E-state index contributed by atoms with van der Waals surface area (Å²) in [6.45, 7) is 1.96. The summed E-state index contributed by atoms with van der Waals surface area (Å²) in [6.07, 6.45) is 9.51. The molecule has 0 radical (unpaired) electrons. The van der Waals surface area contributed by atoms with Gasteiger partial charge in [0.1, 0.15) is 11.9 Å². The average Bonchev–Trinajstić information content (AvgIpc) is 3.42. The molecule has 0 spiro atoms. The molecule has 2 fully saturated rings. The molecule has 4 aromatic heterocycles. The van der Waals surface area contributed by atoms with E-state index in [0.717, 1.165) is 46.7 Å². The van der Waals surface area contributed by atoms with E-state index in [9.17, 15) is 10.1 Å². The minimum atomic E-state index is -0.0802. The molecule has 4 aromatic rings. The van der Waals surface area contributed by atoms with Gasteiger partial charge < -0.3 is 14.8 Å². The molecular formula is C25H23N7O. The highest BCUT2D eigenvalue weighted by Gasteiger charge is 2.32. The molecule has 0 aromatic carbocycles. The number of nitriles is 1. The molecular weight excluding hydrogens is 414 g/mol. The molecule has 8 nitrogen and oxygen atoms in total. The lowest BCUT2D eigenvalue weighted by Gasteiger charge is -2.33. The monoisotopic (exact) mass is 437 g/mol. The average molecular weight is 438 g/mol. The molecule has 2 unspecified atom stereocenters. The number of nitrogens with one attached hydrogen (secondary N) is 1. The van der Waals surface area contributed by atoms with Gasteiger partial charge in [-0.05, 0) is 42.7 Å². The van der Waals surface area contributed by atoms with Crippen LogP contribution in [0.4, 0.5) is 5.82 Å². The number of hydrogen-bond acceptors (Lipinski definition) is 6. The van der Waals surface area contributed by atoms with Crippen molar-refractivity contribution in [3.8, 4) is 28.3 Å². The van der Waals surface area contributed by atoms with Crippen LogP contribution in [0, 0.1) is 11.3 Å². The Kier molecular flexibility index (Phi) is 4.52. The van der Waals surface area contributed by atoms with Gasteiger partial charge in [-0.25, -0.2) is 9.50 Å². The van der Waals surface area contributed by atoms with Gasteiger partial charge in [-0.1, -0.05) is 0 Å². The molecule has 8 heteroatoms. The molecule has 164 valence electrons. The van der Waals surface area contributed by atoms with Gasteiger partial charge in [0, 0.05) is 73.6 Å². The zero-order valence-electron chi connectivity index (χ0n) is 18.3. The maximum Gasteiger partial charge on any atom is 0.250 e. The largest absolute Gasteiger partial charge is 0.353 e. The normalized spacial score (nSPS) is 19.7. The van der Waals surface area contributed by atoms with Crippen molar-refractivity contribution in [2.45, 2.75) is 24.9 Å². The molecule has 2 aliphatic heterocycles. The van der Waals surface area contributed by atoms with Gasteiger partial charge in [0.2, 0.25) is 0 Å². The number of piperazine rings is 1. The first kappa shape index (κ1) is 19.7. The SMILES string of the molecule is Cn1ccc(-c2cc(-c3ccc(N4CC5CCC(C4)N5)nc3)c3c(C#N)cnn3c2)cc1=O. The smallest absolute Gasteiger partial charge is 0.250 e. The van der Waals surface area contributed by atoms with Crippen molar-refractivity contribution in [1.29, 1.82) is 5.26 Å². The van der Waals surface area contributed by atoms with E-state index in [1.807, 2.05) is 24.5 Å². The second-order valence-corrected chi connectivity index (χ2v) is 8.92. The third-order valence-electron chi connectivity index (χ3n) is 6.77. The fraction of sp³-hybridized carbons (Fsp3) is 0.280. The molecule has 2 saturated heterocycles. The van der Waals surface area contributed by atoms with Crippen molar-refractivity contribution in [3.05, 3.63) is 71.0 Å². The first-order valence-electron chi connectivity index (χ1n) is 11.1. The van der Waals surface area contributed by atoms with Gasteiger partial charge in [0.25, 0.3) is 5.56 Å². The number of aromatic nitrogens is 4. The van der Waals surface area contributed by atoms with E-state index in [1.54, 1.807) is 30.0 Å². The van der Waals surface area contributed by atoms with E-state index < -0.39 is 0 Å². The molecule has 0 saturated carbocycles. The van der Waals surface area contributed by atoms with Crippen molar-refractivity contribution in [1.82, 2.24) is 24.5 Å². The van der Waals surface area contributed by atoms with Crippen molar-refractivity contribution in [3.63, 3.8) is 0 Å². The van der Waals surface area contributed by atoms with Crippen LogP contribution in [-0.4, -0.2) is 44.3 Å². The Labute approximate surface area is 190 Å². The predicted molar refractivity (Wildman–Crippen MR) is 126 cm³/mol. The Morgan fingerprint density at radius 3 is 2.58 bits per heavy atom. The Balaban J connectivity index is 1.44. The second-order valence-electron chi connectivity index (χ2n) is 8.92. The number of rotatable bonds is 3. The van der Waals surface area contributed by atoms with Crippen LogP contribution < -0.4 is 15.8 Å². The summed E-state index contributed by atoms with van der Waals surface area (Å²) in [5, 5.41) is 17.7. The van der Waals surface area contributed by atoms with E-state index in [-0.39, 0.29) is 5.56 Å². The maximum atomic E-state index is 12.2. The van der Waals surface area contributed by atoms with Crippen molar-refractivity contribution >= 4 is 11.3 Å².